The molecule has 0 aliphatic rings. The molecule has 2 rings (SSSR count). The summed E-state index contributed by atoms with van der Waals surface area (Å²) in [4.78, 5) is 10.5. The number of rotatable bonds is 4. The van der Waals surface area contributed by atoms with E-state index < -0.39 is 0 Å². The van der Waals surface area contributed by atoms with Crippen LogP contribution in [0.4, 0.5) is 0 Å². The number of hydrogen-bond acceptors (Lipinski definition) is 2. The van der Waals surface area contributed by atoms with Crippen molar-refractivity contribution in [1.29, 1.82) is 0 Å². The summed E-state index contributed by atoms with van der Waals surface area (Å²) in [5.41, 5.74) is 1.61. The second-order valence-electron chi connectivity index (χ2n) is 3.84. The number of ether oxygens (including phenoxy) is 1. The minimum Gasteiger partial charge on any atom is -0.487 e. The first-order valence-electron chi connectivity index (χ1n) is 5.41. The van der Waals surface area contributed by atoms with Crippen LogP contribution in [-0.4, -0.2) is 6.29 Å². The first-order valence-corrected chi connectivity index (χ1v) is 7.25. The summed E-state index contributed by atoms with van der Waals surface area (Å²) in [7, 11) is 0. The zero-order chi connectivity index (χ0) is 13.8. The van der Waals surface area contributed by atoms with E-state index in [1.54, 1.807) is 24.3 Å². The maximum atomic E-state index is 10.5. The van der Waals surface area contributed by atoms with E-state index in [9.17, 15) is 4.79 Å². The van der Waals surface area contributed by atoms with E-state index in [-0.39, 0.29) is 0 Å². The molecule has 2 aromatic rings. The molecule has 0 heterocycles. The van der Waals surface area contributed by atoms with Gasteiger partial charge >= 0.3 is 0 Å². The fraction of sp³-hybridized carbons (Fsp3) is 0.0714. The van der Waals surface area contributed by atoms with E-state index in [4.69, 9.17) is 27.9 Å². The second kappa shape index (κ2) is 6.59. The fourth-order valence-corrected chi connectivity index (χ4v) is 2.34. The molecule has 2 nitrogen and oxygen atoms in total. The standard InChI is InChI=1S/C14H9Cl2IO2/c15-11-5-12(16)14(6-13(11)17)19-8-10-3-1-9(7-18)2-4-10/h1-7H,8H2. The maximum Gasteiger partial charge on any atom is 0.150 e. The highest BCUT2D eigenvalue weighted by Crippen LogP contribution is 2.32. The highest BCUT2D eigenvalue weighted by atomic mass is 127. The Labute approximate surface area is 134 Å². The molecule has 0 amide bonds. The monoisotopic (exact) mass is 406 g/mol. The van der Waals surface area contributed by atoms with Gasteiger partial charge < -0.3 is 4.74 Å². The highest BCUT2D eigenvalue weighted by Gasteiger charge is 2.07. The quantitative estimate of drug-likeness (QED) is 0.406. The minimum absolute atomic E-state index is 0.385. The molecular formula is C14H9Cl2IO2. The smallest absolute Gasteiger partial charge is 0.150 e. The van der Waals surface area contributed by atoms with Crippen LogP contribution in [0.3, 0.4) is 0 Å². The molecule has 5 heteroatoms. The van der Waals surface area contributed by atoms with E-state index in [0.717, 1.165) is 15.4 Å². The normalized spacial score (nSPS) is 10.3. The predicted octanol–water partition coefficient (Wildman–Crippen LogP) is 4.99. The molecule has 0 aliphatic heterocycles. The van der Waals surface area contributed by atoms with Gasteiger partial charge in [0.2, 0.25) is 0 Å². The van der Waals surface area contributed by atoms with Crippen molar-refractivity contribution in [3.8, 4) is 5.75 Å². The van der Waals surface area contributed by atoms with E-state index in [0.29, 0.717) is 28.0 Å². The lowest BCUT2D eigenvalue weighted by Crippen LogP contribution is -1.97. The van der Waals surface area contributed by atoms with Gasteiger partial charge in [0.15, 0.2) is 0 Å². The molecule has 0 saturated carbocycles. The van der Waals surface area contributed by atoms with E-state index >= 15 is 0 Å². The van der Waals surface area contributed by atoms with E-state index in [2.05, 4.69) is 22.6 Å². The fourth-order valence-electron chi connectivity index (χ4n) is 1.47. The molecule has 0 N–H and O–H groups in total. The Morgan fingerprint density at radius 2 is 1.79 bits per heavy atom. The summed E-state index contributed by atoms with van der Waals surface area (Å²) in [6, 6.07) is 10.6. The summed E-state index contributed by atoms with van der Waals surface area (Å²) in [5, 5.41) is 1.09. The summed E-state index contributed by atoms with van der Waals surface area (Å²) < 4.78 is 6.53. The molecule has 0 aromatic heterocycles. The van der Waals surface area contributed by atoms with Crippen molar-refractivity contribution in [1.82, 2.24) is 0 Å². The van der Waals surface area contributed by atoms with Crippen molar-refractivity contribution < 1.29 is 9.53 Å². The molecule has 98 valence electrons. The van der Waals surface area contributed by atoms with Crippen LogP contribution in [-0.2, 0) is 6.61 Å². The Morgan fingerprint density at radius 1 is 1.11 bits per heavy atom. The summed E-state index contributed by atoms with van der Waals surface area (Å²) in [5.74, 6) is 0.593. The van der Waals surface area contributed by atoms with Gasteiger partial charge in [-0.3, -0.25) is 4.79 Å². The minimum atomic E-state index is 0.385. The van der Waals surface area contributed by atoms with Crippen LogP contribution in [0.2, 0.25) is 10.0 Å². The van der Waals surface area contributed by atoms with E-state index in [1.807, 2.05) is 12.1 Å². The van der Waals surface area contributed by atoms with Crippen LogP contribution in [0.15, 0.2) is 36.4 Å². The average molecular weight is 407 g/mol. The molecule has 0 aliphatic carbocycles. The van der Waals surface area contributed by atoms with Crippen molar-refractivity contribution in [3.05, 3.63) is 61.1 Å². The van der Waals surface area contributed by atoms with Crippen LogP contribution >= 0.6 is 45.8 Å². The lowest BCUT2D eigenvalue weighted by atomic mass is 10.2. The second-order valence-corrected chi connectivity index (χ2v) is 5.82. The van der Waals surface area contributed by atoms with Crippen molar-refractivity contribution in [2.45, 2.75) is 6.61 Å². The van der Waals surface area contributed by atoms with Gasteiger partial charge in [-0.05, 0) is 40.3 Å². The SMILES string of the molecule is O=Cc1ccc(COc2cc(I)c(Cl)cc2Cl)cc1. The molecule has 0 saturated heterocycles. The van der Waals surface area contributed by atoms with Crippen LogP contribution in [0.5, 0.6) is 5.75 Å². The van der Waals surface area contributed by atoms with Gasteiger partial charge in [0.25, 0.3) is 0 Å². The van der Waals surface area contributed by atoms with Crippen molar-refractivity contribution in [2.24, 2.45) is 0 Å². The molecular weight excluding hydrogens is 398 g/mol. The number of benzene rings is 2. The topological polar surface area (TPSA) is 26.3 Å². The average Bonchev–Trinajstić information content (AvgIpc) is 2.42. The largest absolute Gasteiger partial charge is 0.487 e. The molecule has 0 unspecified atom stereocenters. The van der Waals surface area contributed by atoms with Gasteiger partial charge in [-0.1, -0.05) is 47.5 Å². The third-order valence-electron chi connectivity index (χ3n) is 2.48. The molecule has 2 aromatic carbocycles. The van der Waals surface area contributed by atoms with Gasteiger partial charge in [0.05, 0.1) is 10.0 Å². The maximum absolute atomic E-state index is 10.5. The molecule has 0 bridgehead atoms. The van der Waals surface area contributed by atoms with Gasteiger partial charge in [0, 0.05) is 9.13 Å². The van der Waals surface area contributed by atoms with E-state index in [1.165, 1.54) is 0 Å². The van der Waals surface area contributed by atoms with Gasteiger partial charge in [-0.15, -0.1) is 0 Å². The Bertz CT molecular complexity index is 597. The number of carbonyl (C=O) groups excluding carboxylic acids is 1. The summed E-state index contributed by atoms with van der Waals surface area (Å²) >= 11 is 14.1. The first kappa shape index (κ1) is 14.6. The zero-order valence-electron chi connectivity index (χ0n) is 9.70. The predicted molar refractivity (Wildman–Crippen MR) is 85.3 cm³/mol. The van der Waals surface area contributed by atoms with Crippen molar-refractivity contribution >= 4 is 52.1 Å². The molecule has 0 spiro atoms. The third-order valence-corrected chi connectivity index (χ3v) is 4.30. The first-order chi connectivity index (χ1) is 9.10. The van der Waals surface area contributed by atoms with Gasteiger partial charge in [-0.25, -0.2) is 0 Å². The Morgan fingerprint density at radius 3 is 2.42 bits per heavy atom. The summed E-state index contributed by atoms with van der Waals surface area (Å²) in [6.07, 6.45) is 0.809. The van der Waals surface area contributed by atoms with Gasteiger partial charge in [0.1, 0.15) is 18.6 Å². The zero-order valence-corrected chi connectivity index (χ0v) is 13.4. The molecule has 19 heavy (non-hydrogen) atoms. The molecule has 0 fully saturated rings. The number of aldehydes is 1. The summed E-state index contributed by atoms with van der Waals surface area (Å²) in [6.45, 7) is 0.385. The number of halogens is 3. The lowest BCUT2D eigenvalue weighted by Gasteiger charge is -2.09. The number of hydrogen-bond donors (Lipinski definition) is 0. The van der Waals surface area contributed by atoms with Gasteiger partial charge in [-0.2, -0.15) is 0 Å². The lowest BCUT2D eigenvalue weighted by molar-refractivity contribution is 0.112. The molecule has 0 radical (unpaired) electrons. The Balaban J connectivity index is 2.09. The van der Waals surface area contributed by atoms with Crippen LogP contribution < -0.4 is 4.74 Å². The van der Waals surface area contributed by atoms with Crippen LogP contribution in [0.25, 0.3) is 0 Å². The van der Waals surface area contributed by atoms with Crippen LogP contribution in [0, 0.1) is 3.57 Å². The number of carbonyl (C=O) groups is 1. The third kappa shape index (κ3) is 3.84. The van der Waals surface area contributed by atoms with Crippen LogP contribution in [0.1, 0.15) is 15.9 Å². The molecule has 0 atom stereocenters. The highest BCUT2D eigenvalue weighted by molar-refractivity contribution is 14.1. The Kier molecular flexibility index (Phi) is 5.07. The van der Waals surface area contributed by atoms with Crippen molar-refractivity contribution in [3.63, 3.8) is 0 Å². The Hall–Kier alpha value is -0.780. The van der Waals surface area contributed by atoms with Crippen molar-refractivity contribution in [2.75, 3.05) is 0 Å².